The number of thiophene rings is 1. The molecule has 1 aromatic carbocycles. The second-order valence-electron chi connectivity index (χ2n) is 23.9. The molecular weight excluding hydrogens is 1210 g/mol. The fourth-order valence-corrected chi connectivity index (χ4v) is 13.6. The zero-order chi connectivity index (χ0) is 66.8. The number of β-amino-alcohol motifs (C(OH)–C–C–N with tert-alkyl or cyclic N) is 1. The highest BCUT2D eigenvalue weighted by Gasteiger charge is 2.52. The molecule has 1 aromatic heterocycles. The van der Waals surface area contributed by atoms with Gasteiger partial charge in [-0.2, -0.15) is 0 Å². The van der Waals surface area contributed by atoms with Crippen molar-refractivity contribution in [1.82, 2.24) is 46.2 Å². The number of aliphatic hydroxyl groups is 2. The molecule has 0 bridgehead atoms. The molecule has 4 fully saturated rings. The van der Waals surface area contributed by atoms with E-state index in [9.17, 15) is 58.5 Å². The number of guanidine groups is 3. The number of amides is 9. The number of benzene rings is 1. The van der Waals surface area contributed by atoms with E-state index >= 15 is 4.79 Å². The van der Waals surface area contributed by atoms with E-state index in [4.69, 9.17) is 40.1 Å². The van der Waals surface area contributed by atoms with Gasteiger partial charge in [-0.15, -0.1) is 11.3 Å². The molecule has 1 aliphatic carbocycles. The third-order valence-electron chi connectivity index (χ3n) is 17.4. The Balaban J connectivity index is 1.02. The summed E-state index contributed by atoms with van der Waals surface area (Å²) in [5.41, 5.74) is 40.3. The van der Waals surface area contributed by atoms with Gasteiger partial charge in [0.2, 0.25) is 53.2 Å². The minimum absolute atomic E-state index is 0.00000960. The monoisotopic (exact) mass is 1300 g/mol. The number of nitrogens with one attached hydrogen (secondary N) is 5. The van der Waals surface area contributed by atoms with E-state index in [-0.39, 0.29) is 127 Å². The van der Waals surface area contributed by atoms with Crippen LogP contribution in [0.3, 0.4) is 0 Å². The largest absolute Gasteiger partial charge is 0.480 e. The smallest absolute Gasteiger partial charge is 0.326 e. The first-order valence-electron chi connectivity index (χ1n) is 31.2. The van der Waals surface area contributed by atoms with Gasteiger partial charge in [0.15, 0.2) is 17.9 Å². The fourth-order valence-electron chi connectivity index (χ4n) is 12.9. The summed E-state index contributed by atoms with van der Waals surface area (Å²) in [5, 5.41) is 46.8. The molecule has 0 unspecified atom stereocenters. The summed E-state index contributed by atoms with van der Waals surface area (Å²) in [6.45, 7) is -1.46. The highest BCUT2D eigenvalue weighted by atomic mass is 32.1. The first kappa shape index (κ1) is 70.8. The first-order chi connectivity index (χ1) is 43.9. The summed E-state index contributed by atoms with van der Waals surface area (Å²) < 4.78 is 0. The first-order valence-corrected chi connectivity index (χ1v) is 32.1. The number of carbonyl (C=O) groups excluding carboxylic acids is 9. The summed E-state index contributed by atoms with van der Waals surface area (Å²) in [4.78, 5) is 159. The number of carboxylic acids is 1. The molecule has 1 saturated carbocycles. The van der Waals surface area contributed by atoms with Crippen molar-refractivity contribution in [3.05, 3.63) is 57.8 Å². The minimum atomic E-state index is -1.66. The van der Waals surface area contributed by atoms with Gasteiger partial charge in [-0.25, -0.2) is 4.79 Å². The van der Waals surface area contributed by atoms with Gasteiger partial charge in [-0.3, -0.25) is 58.1 Å². The molecule has 5 aliphatic rings. The lowest BCUT2D eigenvalue weighted by atomic mass is 9.84. The molecular formula is C59H89N19O13S. The Morgan fingerprint density at radius 1 is 0.620 bits per heavy atom. The highest BCUT2D eigenvalue weighted by molar-refractivity contribution is 7.09. The van der Waals surface area contributed by atoms with Crippen LogP contribution in [-0.4, -0.2) is 224 Å². The van der Waals surface area contributed by atoms with Crippen molar-refractivity contribution in [3.8, 4) is 0 Å². The van der Waals surface area contributed by atoms with Crippen LogP contribution in [0.1, 0.15) is 106 Å². The number of aliphatic hydroxyl groups excluding tert-OH is 2. The molecule has 12 atom stereocenters. The number of rotatable bonds is 30. The zero-order valence-electron chi connectivity index (χ0n) is 51.4. The molecule has 4 aliphatic heterocycles. The van der Waals surface area contributed by atoms with Crippen LogP contribution in [-0.2, 0) is 67.3 Å². The Bertz CT molecular complexity index is 3050. The third kappa shape index (κ3) is 19.0. The van der Waals surface area contributed by atoms with E-state index in [0.29, 0.717) is 29.7 Å². The number of carbonyl (C=O) groups is 10. The van der Waals surface area contributed by atoms with Gasteiger partial charge in [0, 0.05) is 69.4 Å². The molecule has 504 valence electrons. The number of hydrogen-bond donors (Lipinski definition) is 15. The molecule has 0 radical (unpaired) electrons. The topological polar surface area (TPSA) is 524 Å². The maximum atomic E-state index is 15.3. The van der Waals surface area contributed by atoms with E-state index < -0.39 is 139 Å². The Morgan fingerprint density at radius 2 is 1.25 bits per heavy atom. The molecule has 0 spiro atoms. The Hall–Kier alpha value is -8.69. The molecule has 7 rings (SSSR count). The van der Waals surface area contributed by atoms with Crippen molar-refractivity contribution in [2.75, 3.05) is 45.9 Å². The summed E-state index contributed by atoms with van der Waals surface area (Å²) >= 11 is 1.27. The van der Waals surface area contributed by atoms with Gasteiger partial charge < -0.3 is 102 Å². The van der Waals surface area contributed by atoms with Crippen molar-refractivity contribution in [1.29, 1.82) is 0 Å². The average molecular weight is 1300 g/mol. The molecule has 9 amide bonds. The number of likely N-dealkylation sites (tertiary alicyclic amines) is 3. The van der Waals surface area contributed by atoms with Crippen LogP contribution in [0, 0.1) is 5.92 Å². The molecule has 92 heavy (non-hydrogen) atoms. The van der Waals surface area contributed by atoms with Crippen LogP contribution in [0.4, 0.5) is 0 Å². The Labute approximate surface area is 536 Å². The summed E-state index contributed by atoms with van der Waals surface area (Å²) in [7, 11) is 0. The van der Waals surface area contributed by atoms with Crippen LogP contribution >= 0.6 is 11.3 Å². The molecule has 32 nitrogen and oxygen atoms in total. The van der Waals surface area contributed by atoms with E-state index in [1.165, 1.54) is 26.0 Å². The fraction of sp³-hybridized carbons (Fsp3) is 0.610. The summed E-state index contributed by atoms with van der Waals surface area (Å²) in [6, 6.07) is -1.07. The number of nitrogens with two attached hydrogens (primary N) is 7. The van der Waals surface area contributed by atoms with Crippen molar-refractivity contribution in [3.63, 3.8) is 0 Å². The molecule has 22 N–H and O–H groups in total. The number of carboxylic acid groups (broad SMARTS) is 1. The van der Waals surface area contributed by atoms with Gasteiger partial charge in [0.1, 0.15) is 48.3 Å². The van der Waals surface area contributed by atoms with Gasteiger partial charge in [0.05, 0.1) is 25.3 Å². The SMILES string of the molecule is NC(N)=NCCC[C@@H](N)C(=O)N[C@@H](CCCN=C(N)N)C(=O)N1CCC[C@H]1C(=O)N1C[C@H](O)C[C@H]1C(=O)NCC(=O)N[C@H](Cc1cccs1)C(=O)N[C@@H](CO)C(=O)N1Cc2ccccc2C[C@@H]1C(=O)N1[C@H](C(=O)N[C@@H](CCCN=C(N)N)C(=O)O)C[C@@H]2CCCC[C@@H]21. The lowest BCUT2D eigenvalue weighted by Gasteiger charge is -2.42. The van der Waals surface area contributed by atoms with Crippen molar-refractivity contribution < 1.29 is 63.3 Å². The number of aliphatic carboxylic acids is 1. The van der Waals surface area contributed by atoms with Crippen molar-refractivity contribution >= 4 is 88.3 Å². The van der Waals surface area contributed by atoms with E-state index in [1.54, 1.807) is 35.7 Å². The van der Waals surface area contributed by atoms with Crippen molar-refractivity contribution in [2.24, 2.45) is 61.0 Å². The predicted octanol–water partition coefficient (Wildman–Crippen LogP) is -5.02. The second kappa shape index (κ2) is 33.6. The number of nitrogens with zero attached hydrogens (tertiary/aromatic N) is 7. The van der Waals surface area contributed by atoms with Crippen molar-refractivity contribution in [2.45, 2.75) is 176 Å². The van der Waals surface area contributed by atoms with E-state index in [0.717, 1.165) is 29.7 Å². The van der Waals surface area contributed by atoms with Gasteiger partial charge in [-0.05, 0) is 99.1 Å². The quantitative estimate of drug-likeness (QED) is 0.0198. The molecule has 2 aromatic rings. The minimum Gasteiger partial charge on any atom is -0.480 e. The number of fused-ring (bicyclic) bond motifs is 2. The Morgan fingerprint density at radius 3 is 1.89 bits per heavy atom. The second-order valence-corrected chi connectivity index (χ2v) is 25.0. The summed E-state index contributed by atoms with van der Waals surface area (Å²) in [6.07, 6.45) is 3.42. The maximum Gasteiger partial charge on any atom is 0.326 e. The van der Waals surface area contributed by atoms with Crippen LogP contribution in [0.25, 0.3) is 0 Å². The number of aliphatic imine (C=N–C) groups is 3. The third-order valence-corrected chi connectivity index (χ3v) is 18.3. The lowest BCUT2D eigenvalue weighted by Crippen LogP contribution is -2.63. The van der Waals surface area contributed by atoms with Gasteiger partial charge in [-0.1, -0.05) is 43.2 Å². The molecule has 5 heterocycles. The predicted molar refractivity (Wildman–Crippen MR) is 338 cm³/mol. The average Bonchev–Trinajstić information content (AvgIpc) is 1.48. The highest BCUT2D eigenvalue weighted by Crippen LogP contribution is 2.41. The van der Waals surface area contributed by atoms with E-state index in [2.05, 4.69) is 41.6 Å². The standard InChI is InChI=1S/C59H89N19O13S/c60-37(14-5-19-67-57(61)62)48(82)72-38(15-6-20-68-58(63)64)52(86)75-22-8-18-43(75)54(88)77-30-35(80)26-44(77)50(84)70-28-47(81)71-40(27-36-13-9-23-92-36)49(83)74-41(31-79)53(87)76-29-34-12-2-1-10-32(34)24-46(76)55(89)78-42-17-4-3-11-33(42)25-45(78)51(85)73-39(56(90)91)16-7-21-69-59(65)66/h1-2,9-10,12-13,23,33,35,37-46,79-80H,3-8,11,14-22,24-31,60H2,(H,70,84)(H,71,81)(H,72,82)(H,73,85)(H,74,83)(H,90,91)(H4,61,62,67)(H4,63,64,68)(H4,65,66,69)/t33-,35+,37+,38-,39-,40+,41-,42-,43-,44-,45-,46+/m0/s1. The van der Waals surface area contributed by atoms with Crippen LogP contribution in [0.2, 0.25) is 0 Å². The van der Waals surface area contributed by atoms with E-state index in [1.807, 2.05) is 6.07 Å². The van der Waals surface area contributed by atoms with Crippen LogP contribution in [0.5, 0.6) is 0 Å². The Kier molecular flexibility index (Phi) is 25.8. The van der Waals surface area contributed by atoms with Crippen LogP contribution < -0.4 is 66.7 Å². The normalized spacial score (nSPS) is 22.4. The van der Waals surface area contributed by atoms with Gasteiger partial charge >= 0.3 is 5.97 Å². The maximum absolute atomic E-state index is 15.3. The zero-order valence-corrected chi connectivity index (χ0v) is 52.3. The summed E-state index contributed by atoms with van der Waals surface area (Å²) in [5.74, 6) is -8.33. The van der Waals surface area contributed by atoms with Gasteiger partial charge in [0.25, 0.3) is 0 Å². The molecule has 3 saturated heterocycles. The number of hydrogen-bond acceptors (Lipinski definition) is 17. The van der Waals surface area contributed by atoms with Crippen LogP contribution in [0.15, 0.2) is 56.8 Å². The molecule has 33 heteroatoms. The lowest BCUT2D eigenvalue weighted by molar-refractivity contribution is -0.153.